The smallest absolute Gasteiger partial charge is 0.245 e. The van der Waals surface area contributed by atoms with Gasteiger partial charge in [-0.2, -0.15) is 0 Å². The van der Waals surface area contributed by atoms with Crippen LogP contribution in [-0.2, 0) is 16.1 Å². The van der Waals surface area contributed by atoms with Gasteiger partial charge >= 0.3 is 0 Å². The maximum atomic E-state index is 11.9. The number of likely N-dealkylation sites (N-methyl/N-ethyl adjacent to an activating group) is 1. The Bertz CT molecular complexity index is 430. The molecule has 0 bridgehead atoms. The van der Waals surface area contributed by atoms with Crippen molar-refractivity contribution < 1.29 is 9.59 Å². The predicted molar refractivity (Wildman–Crippen MR) is 64.1 cm³/mol. The highest BCUT2D eigenvalue weighted by Crippen LogP contribution is 2.14. The van der Waals surface area contributed by atoms with Crippen molar-refractivity contribution in [1.29, 1.82) is 0 Å². The third-order valence-electron chi connectivity index (χ3n) is 3.09. The second kappa shape index (κ2) is 4.57. The number of hydrogen-bond acceptors (Lipinski definition) is 2. The van der Waals surface area contributed by atoms with Gasteiger partial charge in [0.05, 0.1) is 6.54 Å². The standard InChI is InChI=1S/C13H16N2O2/c1-10-13(17)14(2)9-12(16)15(10)8-11-6-4-3-5-7-11/h3-7,10H,8-9H2,1-2H3. The lowest BCUT2D eigenvalue weighted by molar-refractivity contribution is -0.154. The van der Waals surface area contributed by atoms with Gasteiger partial charge in [0.15, 0.2) is 0 Å². The van der Waals surface area contributed by atoms with Crippen molar-refractivity contribution in [2.24, 2.45) is 0 Å². The molecule has 1 aromatic carbocycles. The van der Waals surface area contributed by atoms with E-state index in [1.807, 2.05) is 30.3 Å². The SMILES string of the molecule is CC1C(=O)N(C)CC(=O)N1Cc1ccccc1. The summed E-state index contributed by atoms with van der Waals surface area (Å²) < 4.78 is 0. The second-order valence-electron chi connectivity index (χ2n) is 4.38. The van der Waals surface area contributed by atoms with Gasteiger partial charge in [0.1, 0.15) is 6.04 Å². The average Bonchev–Trinajstić information content (AvgIpc) is 2.33. The minimum atomic E-state index is -0.374. The van der Waals surface area contributed by atoms with E-state index in [4.69, 9.17) is 0 Å². The average molecular weight is 232 g/mol. The Balaban J connectivity index is 2.15. The Morgan fingerprint density at radius 1 is 1.24 bits per heavy atom. The van der Waals surface area contributed by atoms with Crippen LogP contribution in [0.1, 0.15) is 12.5 Å². The van der Waals surface area contributed by atoms with Crippen LogP contribution in [0.5, 0.6) is 0 Å². The molecule has 1 aromatic rings. The van der Waals surface area contributed by atoms with Gasteiger partial charge < -0.3 is 9.80 Å². The molecule has 1 fully saturated rings. The zero-order valence-electron chi connectivity index (χ0n) is 10.1. The van der Waals surface area contributed by atoms with Gasteiger partial charge in [-0.3, -0.25) is 9.59 Å². The highest BCUT2D eigenvalue weighted by atomic mass is 16.2. The molecular formula is C13H16N2O2. The van der Waals surface area contributed by atoms with E-state index in [-0.39, 0.29) is 24.4 Å². The van der Waals surface area contributed by atoms with Gasteiger partial charge in [-0.15, -0.1) is 0 Å². The topological polar surface area (TPSA) is 40.6 Å². The largest absolute Gasteiger partial charge is 0.335 e. The minimum Gasteiger partial charge on any atom is -0.335 e. The number of nitrogens with zero attached hydrogens (tertiary/aromatic N) is 2. The molecule has 0 aliphatic carbocycles. The summed E-state index contributed by atoms with van der Waals surface area (Å²) in [6, 6.07) is 9.35. The van der Waals surface area contributed by atoms with Crippen molar-refractivity contribution in [3.05, 3.63) is 35.9 Å². The molecule has 4 nitrogen and oxygen atoms in total. The maximum absolute atomic E-state index is 11.9. The molecule has 2 amide bonds. The molecule has 0 N–H and O–H groups in total. The van der Waals surface area contributed by atoms with Gasteiger partial charge in [-0.1, -0.05) is 30.3 Å². The Morgan fingerprint density at radius 2 is 1.88 bits per heavy atom. The Labute approximate surface area is 101 Å². The number of benzene rings is 1. The van der Waals surface area contributed by atoms with Gasteiger partial charge in [0.25, 0.3) is 0 Å². The van der Waals surface area contributed by atoms with E-state index < -0.39 is 0 Å². The lowest BCUT2D eigenvalue weighted by atomic mass is 10.1. The van der Waals surface area contributed by atoms with E-state index >= 15 is 0 Å². The fourth-order valence-corrected chi connectivity index (χ4v) is 2.05. The summed E-state index contributed by atoms with van der Waals surface area (Å²) in [5.74, 6) is 0.00369. The van der Waals surface area contributed by atoms with Crippen LogP contribution in [0.25, 0.3) is 0 Å². The van der Waals surface area contributed by atoms with Gasteiger partial charge in [-0.05, 0) is 12.5 Å². The van der Waals surface area contributed by atoms with E-state index in [2.05, 4.69) is 0 Å². The van der Waals surface area contributed by atoms with Crippen molar-refractivity contribution in [2.45, 2.75) is 19.5 Å². The molecule has 1 unspecified atom stereocenters. The first-order chi connectivity index (χ1) is 8.09. The summed E-state index contributed by atoms with van der Waals surface area (Å²) in [5.41, 5.74) is 1.05. The van der Waals surface area contributed by atoms with Crippen LogP contribution in [-0.4, -0.2) is 41.2 Å². The van der Waals surface area contributed by atoms with Crippen molar-refractivity contribution in [3.8, 4) is 0 Å². The Hall–Kier alpha value is -1.84. The molecule has 0 aromatic heterocycles. The van der Waals surface area contributed by atoms with E-state index in [0.29, 0.717) is 6.54 Å². The van der Waals surface area contributed by atoms with Crippen molar-refractivity contribution in [2.75, 3.05) is 13.6 Å². The van der Waals surface area contributed by atoms with Crippen molar-refractivity contribution in [1.82, 2.24) is 9.80 Å². The van der Waals surface area contributed by atoms with Crippen LogP contribution in [0.15, 0.2) is 30.3 Å². The molecule has 1 saturated heterocycles. The molecule has 1 atom stereocenters. The third-order valence-corrected chi connectivity index (χ3v) is 3.09. The van der Waals surface area contributed by atoms with Gasteiger partial charge in [0, 0.05) is 13.6 Å². The number of amides is 2. The molecule has 4 heteroatoms. The number of rotatable bonds is 2. The van der Waals surface area contributed by atoms with Crippen molar-refractivity contribution in [3.63, 3.8) is 0 Å². The quantitative estimate of drug-likeness (QED) is 0.759. The summed E-state index contributed by atoms with van der Waals surface area (Å²) in [4.78, 5) is 26.8. The number of carbonyl (C=O) groups is 2. The van der Waals surface area contributed by atoms with Crippen LogP contribution in [0.4, 0.5) is 0 Å². The molecule has 2 rings (SSSR count). The lowest BCUT2D eigenvalue weighted by Crippen LogP contribution is -2.57. The Morgan fingerprint density at radius 3 is 2.53 bits per heavy atom. The van der Waals surface area contributed by atoms with Crippen LogP contribution in [0.3, 0.4) is 0 Å². The van der Waals surface area contributed by atoms with Gasteiger partial charge in [0.2, 0.25) is 11.8 Å². The molecule has 90 valence electrons. The second-order valence-corrected chi connectivity index (χ2v) is 4.38. The first-order valence-electron chi connectivity index (χ1n) is 5.68. The number of carbonyl (C=O) groups excluding carboxylic acids is 2. The number of hydrogen-bond donors (Lipinski definition) is 0. The summed E-state index contributed by atoms with van der Waals surface area (Å²) in [6.07, 6.45) is 0. The molecule has 1 aliphatic rings. The first-order valence-corrected chi connectivity index (χ1v) is 5.68. The summed E-state index contributed by atoms with van der Waals surface area (Å²) >= 11 is 0. The summed E-state index contributed by atoms with van der Waals surface area (Å²) in [6.45, 7) is 2.45. The maximum Gasteiger partial charge on any atom is 0.245 e. The molecular weight excluding hydrogens is 216 g/mol. The molecule has 1 heterocycles. The van der Waals surface area contributed by atoms with E-state index in [0.717, 1.165) is 5.56 Å². The van der Waals surface area contributed by atoms with Crippen LogP contribution in [0.2, 0.25) is 0 Å². The molecule has 0 saturated carbocycles. The van der Waals surface area contributed by atoms with Crippen LogP contribution < -0.4 is 0 Å². The van der Waals surface area contributed by atoms with Crippen LogP contribution in [0, 0.1) is 0 Å². The van der Waals surface area contributed by atoms with Crippen molar-refractivity contribution >= 4 is 11.8 Å². The number of piperazine rings is 1. The van der Waals surface area contributed by atoms with Crippen LogP contribution >= 0.6 is 0 Å². The summed E-state index contributed by atoms with van der Waals surface area (Å²) in [5, 5.41) is 0. The fourth-order valence-electron chi connectivity index (χ4n) is 2.05. The molecule has 0 radical (unpaired) electrons. The van der Waals surface area contributed by atoms with Gasteiger partial charge in [-0.25, -0.2) is 0 Å². The predicted octanol–water partition coefficient (Wildman–Crippen LogP) is 0.876. The monoisotopic (exact) mass is 232 g/mol. The molecule has 1 aliphatic heterocycles. The first kappa shape index (κ1) is 11.6. The van der Waals surface area contributed by atoms with E-state index in [1.54, 1.807) is 18.9 Å². The highest BCUT2D eigenvalue weighted by molar-refractivity contribution is 5.94. The highest BCUT2D eigenvalue weighted by Gasteiger charge is 2.34. The van der Waals surface area contributed by atoms with E-state index in [1.165, 1.54) is 4.90 Å². The summed E-state index contributed by atoms with van der Waals surface area (Å²) in [7, 11) is 1.66. The normalized spacial score (nSPS) is 20.9. The molecule has 17 heavy (non-hydrogen) atoms. The third kappa shape index (κ3) is 2.30. The zero-order chi connectivity index (χ0) is 12.4. The Kier molecular flexibility index (Phi) is 3.13. The van der Waals surface area contributed by atoms with E-state index in [9.17, 15) is 9.59 Å². The zero-order valence-corrected chi connectivity index (χ0v) is 10.1. The minimum absolute atomic E-state index is 0.000492. The lowest BCUT2D eigenvalue weighted by Gasteiger charge is -2.37. The fraction of sp³-hybridized carbons (Fsp3) is 0.385. The molecule has 0 spiro atoms.